The van der Waals surface area contributed by atoms with Gasteiger partial charge in [-0.25, -0.2) is 9.18 Å². The molecule has 2 aliphatic heterocycles. The van der Waals surface area contributed by atoms with Crippen molar-refractivity contribution in [2.45, 2.75) is 0 Å². The third kappa shape index (κ3) is 4.96. The van der Waals surface area contributed by atoms with Gasteiger partial charge in [-0.05, 0) is 24.3 Å². The van der Waals surface area contributed by atoms with Crippen LogP contribution in [-0.2, 0) is 9.53 Å². The minimum Gasteiger partial charge on any atom is -0.453 e. The molecule has 2 heterocycles. The number of carbonyl (C=O) groups is 2. The van der Waals surface area contributed by atoms with E-state index in [1.54, 1.807) is 28.1 Å². The lowest BCUT2D eigenvalue weighted by Crippen LogP contribution is -2.49. The van der Waals surface area contributed by atoms with Crippen molar-refractivity contribution in [3.63, 3.8) is 0 Å². The van der Waals surface area contributed by atoms with Crippen molar-refractivity contribution in [1.29, 1.82) is 5.26 Å². The summed E-state index contributed by atoms with van der Waals surface area (Å²) in [4.78, 5) is 31.5. The molecule has 8 nitrogen and oxygen atoms in total. The number of hydrogen-bond acceptors (Lipinski definition) is 6. The van der Waals surface area contributed by atoms with Gasteiger partial charge in [0.2, 0.25) is 0 Å². The maximum Gasteiger partial charge on any atom is 0.409 e. The number of hydrogen-bond donors (Lipinski definition) is 0. The second kappa shape index (κ2) is 9.28. The Hall–Kier alpha value is -3.28. The van der Waals surface area contributed by atoms with Crippen LogP contribution < -0.4 is 4.90 Å². The zero-order chi connectivity index (χ0) is 20.8. The molecule has 2 aliphatic rings. The molecule has 3 rings (SSSR count). The van der Waals surface area contributed by atoms with Gasteiger partial charge in [0.25, 0.3) is 5.91 Å². The predicted octanol–water partition coefficient (Wildman–Crippen LogP) is 1.27. The van der Waals surface area contributed by atoms with Crippen LogP contribution in [0.1, 0.15) is 0 Å². The van der Waals surface area contributed by atoms with Crippen LogP contribution in [0, 0.1) is 17.1 Å². The molecule has 2 fully saturated rings. The maximum atomic E-state index is 13.1. The number of benzene rings is 1. The van der Waals surface area contributed by atoms with E-state index in [-0.39, 0.29) is 23.4 Å². The lowest BCUT2D eigenvalue weighted by molar-refractivity contribution is -0.127. The van der Waals surface area contributed by atoms with Gasteiger partial charge in [-0.2, -0.15) is 5.26 Å². The molecule has 0 aromatic heterocycles. The second-order valence-electron chi connectivity index (χ2n) is 6.90. The third-order valence-corrected chi connectivity index (χ3v) is 5.17. The van der Waals surface area contributed by atoms with Crippen LogP contribution in [0.5, 0.6) is 0 Å². The quantitative estimate of drug-likeness (QED) is 0.561. The Morgan fingerprint density at radius 3 is 2.14 bits per heavy atom. The molecule has 0 aliphatic carbocycles. The van der Waals surface area contributed by atoms with Crippen molar-refractivity contribution in [2.24, 2.45) is 0 Å². The maximum absolute atomic E-state index is 13.1. The van der Waals surface area contributed by atoms with E-state index in [1.165, 1.54) is 19.2 Å². The SMILES string of the molecule is COC(=O)N1CCN(/C=C(/C#N)C(=O)N2CCN(c3ccc(F)cc3)CC2)CC1. The Balaban J connectivity index is 1.55. The lowest BCUT2D eigenvalue weighted by Gasteiger charge is -2.36. The number of rotatable bonds is 3. The summed E-state index contributed by atoms with van der Waals surface area (Å²) >= 11 is 0. The normalized spacial score (nSPS) is 17.8. The fraction of sp³-hybridized carbons (Fsp3) is 0.450. The first-order valence-corrected chi connectivity index (χ1v) is 9.50. The molecule has 0 atom stereocenters. The Morgan fingerprint density at radius 2 is 1.59 bits per heavy atom. The average Bonchev–Trinajstić information content (AvgIpc) is 2.77. The second-order valence-corrected chi connectivity index (χ2v) is 6.90. The molecule has 154 valence electrons. The average molecular weight is 401 g/mol. The van der Waals surface area contributed by atoms with Gasteiger partial charge in [-0.3, -0.25) is 4.79 Å². The van der Waals surface area contributed by atoms with E-state index < -0.39 is 0 Å². The number of nitriles is 1. The van der Waals surface area contributed by atoms with Crippen LogP contribution in [0.25, 0.3) is 0 Å². The minimum absolute atomic E-state index is 0.0896. The molecule has 0 unspecified atom stereocenters. The summed E-state index contributed by atoms with van der Waals surface area (Å²) < 4.78 is 17.8. The number of halogens is 1. The summed E-state index contributed by atoms with van der Waals surface area (Å²) in [5.41, 5.74) is 1.00. The molecule has 0 bridgehead atoms. The highest BCUT2D eigenvalue weighted by atomic mass is 19.1. The summed E-state index contributed by atoms with van der Waals surface area (Å²) in [5.74, 6) is -0.569. The summed E-state index contributed by atoms with van der Waals surface area (Å²) in [5, 5.41) is 9.47. The fourth-order valence-electron chi connectivity index (χ4n) is 3.47. The predicted molar refractivity (Wildman–Crippen MR) is 104 cm³/mol. The Bertz CT molecular complexity index is 804. The van der Waals surface area contributed by atoms with Crippen LogP contribution >= 0.6 is 0 Å². The molecule has 1 aromatic carbocycles. The monoisotopic (exact) mass is 401 g/mol. The number of ether oxygens (including phenoxy) is 1. The van der Waals surface area contributed by atoms with E-state index >= 15 is 0 Å². The molecule has 0 radical (unpaired) electrons. The molecule has 0 saturated carbocycles. The molecular formula is C20H24FN5O3. The summed E-state index contributed by atoms with van der Waals surface area (Å²) in [6.45, 7) is 4.25. The van der Waals surface area contributed by atoms with Crippen molar-refractivity contribution in [2.75, 3.05) is 64.4 Å². The third-order valence-electron chi connectivity index (χ3n) is 5.17. The highest BCUT2D eigenvalue weighted by Crippen LogP contribution is 2.18. The van der Waals surface area contributed by atoms with Crippen molar-refractivity contribution in [3.05, 3.63) is 41.9 Å². The zero-order valence-electron chi connectivity index (χ0n) is 16.4. The van der Waals surface area contributed by atoms with Crippen LogP contribution in [0.4, 0.5) is 14.9 Å². The first-order chi connectivity index (χ1) is 14.0. The van der Waals surface area contributed by atoms with Gasteiger partial charge in [0.15, 0.2) is 0 Å². The summed E-state index contributed by atoms with van der Waals surface area (Å²) in [6, 6.07) is 8.30. The topological polar surface area (TPSA) is 80.1 Å². The van der Waals surface area contributed by atoms with Gasteiger partial charge in [0, 0.05) is 64.2 Å². The van der Waals surface area contributed by atoms with Gasteiger partial charge in [0.1, 0.15) is 17.5 Å². The Kier molecular flexibility index (Phi) is 6.54. The molecule has 0 spiro atoms. The summed E-state index contributed by atoms with van der Waals surface area (Å²) in [6.07, 6.45) is 1.22. The molecule has 2 saturated heterocycles. The van der Waals surface area contributed by atoms with Crippen LogP contribution in [0.3, 0.4) is 0 Å². The number of amides is 2. The molecule has 1 aromatic rings. The Labute approximate surface area is 169 Å². The largest absolute Gasteiger partial charge is 0.453 e. The molecule has 0 N–H and O–H groups in total. The van der Waals surface area contributed by atoms with Gasteiger partial charge in [0.05, 0.1) is 7.11 Å². The van der Waals surface area contributed by atoms with Gasteiger partial charge in [-0.15, -0.1) is 0 Å². The highest BCUT2D eigenvalue weighted by molar-refractivity contribution is 5.97. The van der Waals surface area contributed by atoms with E-state index in [0.717, 1.165) is 5.69 Å². The minimum atomic E-state index is -0.371. The first kappa shape index (κ1) is 20.5. The Morgan fingerprint density at radius 1 is 1.00 bits per heavy atom. The standard InChI is InChI=1S/C20H24FN5O3/c1-29-20(28)26-8-6-23(7-9-26)15-16(14-22)19(27)25-12-10-24(11-13-25)18-4-2-17(21)3-5-18/h2-5,15H,6-13H2,1H3/b16-15-. The van der Waals surface area contributed by atoms with E-state index in [2.05, 4.69) is 4.90 Å². The van der Waals surface area contributed by atoms with Crippen LogP contribution in [0.2, 0.25) is 0 Å². The van der Waals surface area contributed by atoms with Crippen molar-refractivity contribution < 1.29 is 18.7 Å². The van der Waals surface area contributed by atoms with E-state index in [0.29, 0.717) is 52.4 Å². The van der Waals surface area contributed by atoms with E-state index in [4.69, 9.17) is 4.74 Å². The number of nitrogens with zero attached hydrogens (tertiary/aromatic N) is 5. The van der Waals surface area contributed by atoms with Crippen LogP contribution in [-0.4, -0.2) is 86.2 Å². The van der Waals surface area contributed by atoms with E-state index in [1.807, 2.05) is 11.0 Å². The first-order valence-electron chi connectivity index (χ1n) is 9.50. The highest BCUT2D eigenvalue weighted by Gasteiger charge is 2.26. The van der Waals surface area contributed by atoms with Crippen molar-refractivity contribution >= 4 is 17.7 Å². The zero-order valence-corrected chi connectivity index (χ0v) is 16.4. The van der Waals surface area contributed by atoms with E-state index in [9.17, 15) is 19.2 Å². The van der Waals surface area contributed by atoms with Gasteiger partial charge >= 0.3 is 6.09 Å². The number of anilines is 1. The van der Waals surface area contributed by atoms with Gasteiger partial charge < -0.3 is 24.3 Å². The number of methoxy groups -OCH3 is 1. The molecular weight excluding hydrogens is 377 g/mol. The lowest BCUT2D eigenvalue weighted by atomic mass is 10.2. The van der Waals surface area contributed by atoms with Crippen LogP contribution in [0.15, 0.2) is 36.0 Å². The van der Waals surface area contributed by atoms with Crippen molar-refractivity contribution in [1.82, 2.24) is 14.7 Å². The smallest absolute Gasteiger partial charge is 0.409 e. The van der Waals surface area contributed by atoms with Gasteiger partial charge in [-0.1, -0.05) is 0 Å². The number of piperazine rings is 2. The molecule has 9 heteroatoms. The molecule has 2 amide bonds. The van der Waals surface area contributed by atoms with Crippen molar-refractivity contribution in [3.8, 4) is 6.07 Å². The molecule has 29 heavy (non-hydrogen) atoms. The number of carbonyl (C=O) groups excluding carboxylic acids is 2. The fourth-order valence-corrected chi connectivity index (χ4v) is 3.47. The summed E-state index contributed by atoms with van der Waals surface area (Å²) in [7, 11) is 1.34.